The van der Waals surface area contributed by atoms with Crippen molar-refractivity contribution in [3.05, 3.63) is 29.8 Å². The number of hydrogen-bond acceptors (Lipinski definition) is 5. The third kappa shape index (κ3) is 3.66. The highest BCUT2D eigenvalue weighted by Crippen LogP contribution is 2.24. The van der Waals surface area contributed by atoms with E-state index in [4.69, 9.17) is 4.74 Å². The van der Waals surface area contributed by atoms with Gasteiger partial charge in [-0.1, -0.05) is 0 Å². The maximum atomic E-state index is 12.7. The Labute approximate surface area is 131 Å². The molecule has 0 saturated carbocycles. The van der Waals surface area contributed by atoms with Gasteiger partial charge in [0.25, 0.3) is 0 Å². The topological polar surface area (TPSA) is 72.9 Å². The van der Waals surface area contributed by atoms with Crippen LogP contribution < -0.4 is 0 Å². The van der Waals surface area contributed by atoms with Crippen LogP contribution in [0.3, 0.4) is 0 Å². The Morgan fingerprint density at radius 3 is 2.55 bits per heavy atom. The zero-order valence-electron chi connectivity index (χ0n) is 12.8. The van der Waals surface area contributed by atoms with Gasteiger partial charge < -0.3 is 9.47 Å². The lowest BCUT2D eigenvalue weighted by atomic mass is 10.0. The Morgan fingerprint density at radius 2 is 1.95 bits per heavy atom. The number of carbonyl (C=O) groups excluding carboxylic acids is 1. The molecular weight excluding hydrogens is 306 g/mol. The van der Waals surface area contributed by atoms with Crippen LogP contribution in [0.25, 0.3) is 0 Å². The molecule has 1 atom stereocenters. The van der Waals surface area contributed by atoms with Crippen LogP contribution in [0.2, 0.25) is 0 Å². The molecule has 0 spiro atoms. The van der Waals surface area contributed by atoms with Gasteiger partial charge in [0, 0.05) is 20.2 Å². The van der Waals surface area contributed by atoms with Gasteiger partial charge in [-0.05, 0) is 43.0 Å². The molecule has 0 radical (unpaired) electrons. The van der Waals surface area contributed by atoms with Gasteiger partial charge >= 0.3 is 5.97 Å². The lowest BCUT2D eigenvalue weighted by molar-refractivity contribution is 0.0600. The highest BCUT2D eigenvalue weighted by Gasteiger charge is 2.30. The minimum Gasteiger partial charge on any atom is -0.465 e. The van der Waals surface area contributed by atoms with Crippen molar-refractivity contribution in [2.45, 2.75) is 17.7 Å². The van der Waals surface area contributed by atoms with Crippen molar-refractivity contribution in [2.75, 3.05) is 33.9 Å². The van der Waals surface area contributed by atoms with Crippen molar-refractivity contribution >= 4 is 16.0 Å². The number of sulfonamides is 1. The van der Waals surface area contributed by atoms with Gasteiger partial charge in [-0.3, -0.25) is 0 Å². The smallest absolute Gasteiger partial charge is 0.337 e. The number of rotatable bonds is 5. The first-order chi connectivity index (χ1) is 10.5. The number of methoxy groups -OCH3 is 2. The third-order valence-corrected chi connectivity index (χ3v) is 5.68. The summed E-state index contributed by atoms with van der Waals surface area (Å²) in [7, 11) is -0.624. The molecule has 1 aromatic rings. The molecule has 22 heavy (non-hydrogen) atoms. The largest absolute Gasteiger partial charge is 0.465 e. The van der Waals surface area contributed by atoms with E-state index in [9.17, 15) is 13.2 Å². The first-order valence-electron chi connectivity index (χ1n) is 7.16. The average molecular weight is 327 g/mol. The van der Waals surface area contributed by atoms with E-state index in [1.807, 2.05) is 0 Å². The summed E-state index contributed by atoms with van der Waals surface area (Å²) >= 11 is 0. The predicted octanol–water partition coefficient (Wildman–Crippen LogP) is 1.52. The molecule has 0 aliphatic carbocycles. The van der Waals surface area contributed by atoms with E-state index in [-0.39, 0.29) is 10.8 Å². The summed E-state index contributed by atoms with van der Waals surface area (Å²) in [4.78, 5) is 11.6. The Bertz CT molecular complexity index is 609. The Balaban J connectivity index is 2.17. The van der Waals surface area contributed by atoms with Crippen LogP contribution >= 0.6 is 0 Å². The maximum absolute atomic E-state index is 12.7. The molecule has 1 aliphatic heterocycles. The molecule has 6 nitrogen and oxygen atoms in total. The van der Waals surface area contributed by atoms with Crippen molar-refractivity contribution in [1.82, 2.24) is 4.31 Å². The molecule has 1 heterocycles. The minimum absolute atomic E-state index is 0.193. The molecule has 1 saturated heterocycles. The first-order valence-corrected chi connectivity index (χ1v) is 8.60. The van der Waals surface area contributed by atoms with Gasteiger partial charge in [-0.25, -0.2) is 13.2 Å². The summed E-state index contributed by atoms with van der Waals surface area (Å²) in [6.45, 7) is 1.55. The van der Waals surface area contributed by atoms with Crippen molar-refractivity contribution in [1.29, 1.82) is 0 Å². The van der Waals surface area contributed by atoms with Gasteiger partial charge in [0.2, 0.25) is 10.0 Å². The molecule has 7 heteroatoms. The first kappa shape index (κ1) is 16.9. The third-order valence-electron chi connectivity index (χ3n) is 3.80. The quantitative estimate of drug-likeness (QED) is 0.767. The normalized spacial score (nSPS) is 19.8. The van der Waals surface area contributed by atoms with Crippen LogP contribution in [-0.2, 0) is 19.5 Å². The number of nitrogens with zero attached hydrogens (tertiary/aromatic N) is 1. The second-order valence-corrected chi connectivity index (χ2v) is 7.28. The van der Waals surface area contributed by atoms with E-state index in [2.05, 4.69) is 4.74 Å². The molecule has 1 unspecified atom stereocenters. The van der Waals surface area contributed by atoms with Crippen molar-refractivity contribution < 1.29 is 22.7 Å². The van der Waals surface area contributed by atoms with Crippen molar-refractivity contribution in [3.8, 4) is 0 Å². The lowest BCUT2D eigenvalue weighted by Crippen LogP contribution is -2.41. The van der Waals surface area contributed by atoms with Gasteiger partial charge in [-0.15, -0.1) is 0 Å². The Morgan fingerprint density at radius 1 is 1.27 bits per heavy atom. The van der Waals surface area contributed by atoms with Gasteiger partial charge in [-0.2, -0.15) is 4.31 Å². The zero-order valence-corrected chi connectivity index (χ0v) is 13.6. The van der Waals surface area contributed by atoms with E-state index >= 15 is 0 Å². The summed E-state index contributed by atoms with van der Waals surface area (Å²) in [5, 5.41) is 0. The molecule has 0 amide bonds. The standard InChI is InChI=1S/C15H21NO5S/c1-20-11-12-4-3-9-16(10-12)22(18,19)14-7-5-13(6-8-14)15(17)21-2/h5-8,12H,3-4,9-11H2,1-2H3. The van der Waals surface area contributed by atoms with Gasteiger partial charge in [0.15, 0.2) is 0 Å². The molecular formula is C15H21NO5S. The molecule has 0 bridgehead atoms. The predicted molar refractivity (Wildman–Crippen MR) is 81.1 cm³/mol. The van der Waals surface area contributed by atoms with E-state index in [0.29, 0.717) is 25.3 Å². The van der Waals surface area contributed by atoms with Crippen molar-refractivity contribution in [3.63, 3.8) is 0 Å². The van der Waals surface area contributed by atoms with Crippen LogP contribution in [0.5, 0.6) is 0 Å². The Kier molecular flexibility index (Phi) is 5.55. The number of hydrogen-bond donors (Lipinski definition) is 0. The van der Waals surface area contributed by atoms with E-state index < -0.39 is 16.0 Å². The van der Waals surface area contributed by atoms with E-state index in [1.165, 1.54) is 35.7 Å². The number of benzene rings is 1. The number of carbonyl (C=O) groups is 1. The fourth-order valence-corrected chi connectivity index (χ4v) is 4.20. The second kappa shape index (κ2) is 7.21. The van der Waals surface area contributed by atoms with Crippen LogP contribution in [0.15, 0.2) is 29.2 Å². The molecule has 0 N–H and O–H groups in total. The highest BCUT2D eigenvalue weighted by molar-refractivity contribution is 7.89. The molecule has 1 aromatic carbocycles. The maximum Gasteiger partial charge on any atom is 0.337 e. The van der Waals surface area contributed by atoms with Gasteiger partial charge in [0.1, 0.15) is 0 Å². The second-order valence-electron chi connectivity index (χ2n) is 5.34. The monoisotopic (exact) mass is 327 g/mol. The number of piperidine rings is 1. The summed E-state index contributed by atoms with van der Waals surface area (Å²) in [6, 6.07) is 5.83. The highest BCUT2D eigenvalue weighted by atomic mass is 32.2. The lowest BCUT2D eigenvalue weighted by Gasteiger charge is -2.31. The SMILES string of the molecule is COCC1CCCN(S(=O)(=O)c2ccc(C(=O)OC)cc2)C1. The zero-order chi connectivity index (χ0) is 16.2. The van der Waals surface area contributed by atoms with E-state index in [0.717, 1.165) is 12.8 Å². The molecule has 122 valence electrons. The van der Waals surface area contributed by atoms with E-state index in [1.54, 1.807) is 7.11 Å². The Hall–Kier alpha value is -1.44. The van der Waals surface area contributed by atoms with Crippen LogP contribution in [0, 0.1) is 5.92 Å². The summed E-state index contributed by atoms with van der Waals surface area (Å²) in [5.74, 6) is -0.259. The van der Waals surface area contributed by atoms with Crippen LogP contribution in [0.1, 0.15) is 23.2 Å². The molecule has 2 rings (SSSR count). The minimum atomic E-state index is -3.54. The average Bonchev–Trinajstić information content (AvgIpc) is 2.55. The summed E-state index contributed by atoms with van der Waals surface area (Å²) in [5.41, 5.74) is 0.331. The van der Waals surface area contributed by atoms with Crippen molar-refractivity contribution in [2.24, 2.45) is 5.92 Å². The van der Waals surface area contributed by atoms with Crippen LogP contribution in [0.4, 0.5) is 0 Å². The molecule has 1 aliphatic rings. The molecule has 0 aromatic heterocycles. The number of esters is 1. The fourth-order valence-electron chi connectivity index (χ4n) is 2.65. The van der Waals surface area contributed by atoms with Crippen LogP contribution in [-0.4, -0.2) is 52.6 Å². The summed E-state index contributed by atoms with van der Waals surface area (Å²) < 4.78 is 36.5. The van der Waals surface area contributed by atoms with Gasteiger partial charge in [0.05, 0.1) is 24.2 Å². The fraction of sp³-hybridized carbons (Fsp3) is 0.533. The molecule has 1 fully saturated rings. The number of ether oxygens (including phenoxy) is 2. The summed E-state index contributed by atoms with van der Waals surface area (Å²) in [6.07, 6.45) is 1.80.